The van der Waals surface area contributed by atoms with Crippen LogP contribution in [0.2, 0.25) is 0 Å². The predicted molar refractivity (Wildman–Crippen MR) is 68.0 cm³/mol. The van der Waals surface area contributed by atoms with Crippen LogP contribution in [0.3, 0.4) is 0 Å². The van der Waals surface area contributed by atoms with E-state index in [-0.39, 0.29) is 0 Å². The van der Waals surface area contributed by atoms with Crippen LogP contribution in [0.5, 0.6) is 0 Å². The van der Waals surface area contributed by atoms with E-state index in [2.05, 4.69) is 5.32 Å². The number of rotatable bonds is 2. The summed E-state index contributed by atoms with van der Waals surface area (Å²) in [6, 6.07) is 5.84. The van der Waals surface area contributed by atoms with Gasteiger partial charge in [-0.3, -0.25) is 4.79 Å². The van der Waals surface area contributed by atoms with Gasteiger partial charge in [-0.2, -0.15) is 5.26 Å². The van der Waals surface area contributed by atoms with E-state index in [0.717, 1.165) is 0 Å². The van der Waals surface area contributed by atoms with Crippen molar-refractivity contribution in [3.63, 3.8) is 0 Å². The van der Waals surface area contributed by atoms with Crippen LogP contribution in [0.25, 0.3) is 5.00 Å². The normalized spacial score (nSPS) is 18.1. The average molecular weight is 286 g/mol. The summed E-state index contributed by atoms with van der Waals surface area (Å²) < 4.78 is 1.73. The molecule has 20 heavy (non-hydrogen) atoms. The topological polar surface area (TPSA) is 98.0 Å². The summed E-state index contributed by atoms with van der Waals surface area (Å²) in [5.74, 6) is -3.34. The Balaban J connectivity index is 2.18. The summed E-state index contributed by atoms with van der Waals surface area (Å²) in [5, 5.41) is 25.2. The highest BCUT2D eigenvalue weighted by Gasteiger charge is 2.33. The van der Waals surface area contributed by atoms with Crippen LogP contribution in [0.15, 0.2) is 29.8 Å². The van der Waals surface area contributed by atoms with Gasteiger partial charge >= 0.3 is 0 Å². The van der Waals surface area contributed by atoms with Crippen LogP contribution < -0.4 is 10.4 Å². The Morgan fingerprint density at radius 1 is 1.55 bits per heavy atom. The van der Waals surface area contributed by atoms with Gasteiger partial charge in [-0.05, 0) is 23.6 Å². The number of nitriles is 1. The van der Waals surface area contributed by atoms with Crippen LogP contribution in [-0.4, -0.2) is 16.4 Å². The predicted octanol–water partition coefficient (Wildman–Crippen LogP) is 0.213. The monoisotopic (exact) mass is 286 g/mol. The lowest BCUT2D eigenvalue weighted by atomic mass is 9.98. The minimum Gasteiger partial charge on any atom is -0.549 e. The van der Waals surface area contributed by atoms with E-state index in [1.807, 2.05) is 0 Å². The molecule has 0 aliphatic carbocycles. The Kier molecular flexibility index (Phi) is 2.80. The van der Waals surface area contributed by atoms with E-state index in [9.17, 15) is 14.7 Å². The van der Waals surface area contributed by atoms with Crippen molar-refractivity contribution in [1.29, 1.82) is 5.26 Å². The van der Waals surface area contributed by atoms with E-state index < -0.39 is 23.8 Å². The van der Waals surface area contributed by atoms with Crippen molar-refractivity contribution < 1.29 is 14.7 Å². The quantitative estimate of drug-likeness (QED) is 0.853. The zero-order chi connectivity index (χ0) is 14.3. The number of hydrogen-bond donors (Lipinski definition) is 1. The summed E-state index contributed by atoms with van der Waals surface area (Å²) in [6.45, 7) is 0. The van der Waals surface area contributed by atoms with Gasteiger partial charge < -0.3 is 19.8 Å². The third kappa shape index (κ3) is 1.70. The molecule has 2 unspecified atom stereocenters. The first kappa shape index (κ1) is 12.4. The largest absolute Gasteiger partial charge is 0.549 e. The molecule has 0 saturated heterocycles. The first-order valence-corrected chi connectivity index (χ1v) is 6.68. The second-order valence-electron chi connectivity index (χ2n) is 4.32. The molecule has 1 N–H and O–H groups in total. The summed E-state index contributed by atoms with van der Waals surface area (Å²) in [5.41, 5.74) is 1.01. The summed E-state index contributed by atoms with van der Waals surface area (Å²) in [4.78, 5) is 23.2. The molecule has 3 rings (SSSR count). The number of aromatic nitrogens is 1. The molecule has 7 heteroatoms. The van der Waals surface area contributed by atoms with E-state index >= 15 is 0 Å². The molecule has 100 valence electrons. The number of thiophene rings is 1. The van der Waals surface area contributed by atoms with Crippen LogP contribution in [0, 0.1) is 17.2 Å². The molecule has 6 nitrogen and oxygen atoms in total. The number of amides is 1. The Morgan fingerprint density at radius 3 is 3.05 bits per heavy atom. The van der Waals surface area contributed by atoms with Crippen molar-refractivity contribution in [2.24, 2.45) is 5.92 Å². The molecule has 0 bridgehead atoms. The van der Waals surface area contributed by atoms with E-state index in [0.29, 0.717) is 16.3 Å². The molecule has 0 fully saturated rings. The van der Waals surface area contributed by atoms with Gasteiger partial charge in [0.2, 0.25) is 0 Å². The SMILES string of the molecule is N#CC(C(=O)[O-])C1NC(=O)c2ccsc2-n2cccc21. The van der Waals surface area contributed by atoms with Crippen molar-refractivity contribution in [3.8, 4) is 11.1 Å². The number of nitrogens with one attached hydrogen (secondary N) is 1. The highest BCUT2D eigenvalue weighted by Crippen LogP contribution is 2.32. The molecule has 0 radical (unpaired) electrons. The minimum absolute atomic E-state index is 0.392. The van der Waals surface area contributed by atoms with Gasteiger partial charge in [0, 0.05) is 11.9 Å². The van der Waals surface area contributed by atoms with Gasteiger partial charge in [-0.1, -0.05) is 0 Å². The lowest BCUT2D eigenvalue weighted by Crippen LogP contribution is -2.41. The number of carbonyl (C=O) groups is 2. The molecule has 0 spiro atoms. The molecule has 0 aromatic carbocycles. The lowest BCUT2D eigenvalue weighted by Gasteiger charge is -2.22. The molecule has 1 aliphatic heterocycles. The van der Waals surface area contributed by atoms with Gasteiger partial charge in [0.25, 0.3) is 5.91 Å². The van der Waals surface area contributed by atoms with Crippen molar-refractivity contribution in [3.05, 3.63) is 41.0 Å². The number of aliphatic carboxylic acids is 1. The zero-order valence-corrected chi connectivity index (χ0v) is 10.9. The maximum Gasteiger partial charge on any atom is 0.254 e. The summed E-state index contributed by atoms with van der Waals surface area (Å²) in [7, 11) is 0. The van der Waals surface area contributed by atoms with Crippen LogP contribution in [0.1, 0.15) is 22.1 Å². The summed E-state index contributed by atoms with van der Waals surface area (Å²) >= 11 is 1.38. The second-order valence-corrected chi connectivity index (χ2v) is 5.21. The Morgan fingerprint density at radius 2 is 2.35 bits per heavy atom. The molecular formula is C13H8N3O3S-. The highest BCUT2D eigenvalue weighted by molar-refractivity contribution is 7.13. The molecule has 2 aromatic rings. The first-order valence-electron chi connectivity index (χ1n) is 5.80. The number of hydrogen-bond acceptors (Lipinski definition) is 5. The fraction of sp³-hybridized carbons (Fsp3) is 0.154. The standard InChI is InChI=1S/C13H9N3O3S/c14-6-8(13(18)19)10-9-2-1-4-16(9)12-7(3-5-20-12)11(17)15-10/h1-5,8,10H,(H,15,17)(H,18,19)/p-1. The van der Waals surface area contributed by atoms with Crippen LogP contribution in [-0.2, 0) is 4.79 Å². The van der Waals surface area contributed by atoms with Crippen molar-refractivity contribution in [2.75, 3.05) is 0 Å². The van der Waals surface area contributed by atoms with Gasteiger partial charge in [-0.15, -0.1) is 11.3 Å². The third-order valence-corrected chi connectivity index (χ3v) is 4.13. The fourth-order valence-corrected chi connectivity index (χ4v) is 3.20. The van der Waals surface area contributed by atoms with Crippen LogP contribution >= 0.6 is 11.3 Å². The van der Waals surface area contributed by atoms with Crippen LogP contribution in [0.4, 0.5) is 0 Å². The second kappa shape index (κ2) is 4.51. The van der Waals surface area contributed by atoms with Crippen molar-refractivity contribution in [1.82, 2.24) is 9.88 Å². The molecule has 1 amide bonds. The first-order chi connectivity index (χ1) is 9.63. The Hall–Kier alpha value is -2.59. The molecule has 3 heterocycles. The number of nitrogens with zero attached hydrogens (tertiary/aromatic N) is 2. The van der Waals surface area contributed by atoms with E-state index in [1.54, 1.807) is 40.4 Å². The average Bonchev–Trinajstić information content (AvgIpc) is 3.04. The van der Waals surface area contributed by atoms with Crippen molar-refractivity contribution in [2.45, 2.75) is 6.04 Å². The van der Waals surface area contributed by atoms with Crippen molar-refractivity contribution >= 4 is 23.2 Å². The van der Waals surface area contributed by atoms with E-state index in [4.69, 9.17) is 5.26 Å². The maximum atomic E-state index is 12.1. The van der Waals surface area contributed by atoms with Gasteiger partial charge in [0.05, 0.1) is 23.6 Å². The smallest absolute Gasteiger partial charge is 0.254 e. The van der Waals surface area contributed by atoms with Gasteiger partial charge in [-0.25, -0.2) is 0 Å². The highest BCUT2D eigenvalue weighted by atomic mass is 32.1. The lowest BCUT2D eigenvalue weighted by molar-refractivity contribution is -0.310. The number of carbonyl (C=O) groups excluding carboxylic acids is 2. The third-order valence-electron chi connectivity index (χ3n) is 3.22. The van der Waals surface area contributed by atoms with Gasteiger partial charge in [0.15, 0.2) is 0 Å². The number of carboxylic acids is 1. The summed E-state index contributed by atoms with van der Waals surface area (Å²) in [6.07, 6.45) is 1.74. The molecule has 2 atom stereocenters. The molecule has 2 aromatic heterocycles. The maximum absolute atomic E-state index is 12.1. The Bertz CT molecular complexity index is 740. The Labute approximate surface area is 117 Å². The zero-order valence-electron chi connectivity index (χ0n) is 10.1. The number of carboxylic acid groups (broad SMARTS) is 1. The minimum atomic E-state index is -1.50. The van der Waals surface area contributed by atoms with E-state index in [1.165, 1.54) is 11.3 Å². The molecule has 0 saturated carbocycles. The molecular weight excluding hydrogens is 278 g/mol. The molecule has 1 aliphatic rings. The van der Waals surface area contributed by atoms with Gasteiger partial charge in [0.1, 0.15) is 10.9 Å². The fourth-order valence-electron chi connectivity index (χ4n) is 2.30. The number of fused-ring (bicyclic) bond motifs is 3.